The van der Waals surface area contributed by atoms with Crippen molar-refractivity contribution in [3.8, 4) is 0 Å². The summed E-state index contributed by atoms with van der Waals surface area (Å²) in [7, 11) is 1.57. The maximum atomic E-state index is 12.2. The third-order valence-corrected chi connectivity index (χ3v) is 3.30. The summed E-state index contributed by atoms with van der Waals surface area (Å²) in [6.45, 7) is 0.866. The predicted molar refractivity (Wildman–Crippen MR) is 90.1 cm³/mol. The second-order valence-electron chi connectivity index (χ2n) is 4.79. The van der Waals surface area contributed by atoms with Crippen LogP contribution in [0.4, 0.5) is 5.69 Å². The molecule has 0 saturated heterocycles. The van der Waals surface area contributed by atoms with Crippen molar-refractivity contribution in [2.75, 3.05) is 25.6 Å². The van der Waals surface area contributed by atoms with E-state index in [2.05, 4.69) is 10.6 Å². The van der Waals surface area contributed by atoms with Crippen LogP contribution in [-0.2, 0) is 4.74 Å². The van der Waals surface area contributed by atoms with Crippen molar-refractivity contribution in [2.24, 2.45) is 0 Å². The first-order valence-corrected chi connectivity index (χ1v) is 7.42. The molecular weight excluding hydrogens is 316 g/mol. The number of hydrogen-bond acceptors (Lipinski definition) is 3. The number of benzene rings is 2. The molecule has 0 fully saturated rings. The fourth-order valence-corrected chi connectivity index (χ4v) is 2.13. The van der Waals surface area contributed by atoms with Crippen molar-refractivity contribution in [3.05, 3.63) is 64.7 Å². The van der Waals surface area contributed by atoms with Crippen LogP contribution in [0.5, 0.6) is 0 Å². The van der Waals surface area contributed by atoms with E-state index in [1.54, 1.807) is 55.6 Å². The highest BCUT2D eigenvalue weighted by Gasteiger charge is 2.09. The first-order chi connectivity index (χ1) is 11.1. The van der Waals surface area contributed by atoms with Gasteiger partial charge >= 0.3 is 0 Å². The van der Waals surface area contributed by atoms with E-state index >= 15 is 0 Å². The van der Waals surface area contributed by atoms with Gasteiger partial charge in [-0.25, -0.2) is 0 Å². The molecule has 120 valence electrons. The highest BCUT2D eigenvalue weighted by Crippen LogP contribution is 2.15. The molecule has 0 unspecified atom stereocenters. The van der Waals surface area contributed by atoms with Gasteiger partial charge in [-0.3, -0.25) is 9.59 Å². The van der Waals surface area contributed by atoms with Crippen LogP contribution in [0.2, 0.25) is 5.02 Å². The Morgan fingerprint density at radius 2 is 1.74 bits per heavy atom. The van der Waals surface area contributed by atoms with Gasteiger partial charge in [-0.05, 0) is 36.4 Å². The van der Waals surface area contributed by atoms with Crippen molar-refractivity contribution in [2.45, 2.75) is 0 Å². The lowest BCUT2D eigenvalue weighted by Gasteiger charge is -2.08. The van der Waals surface area contributed by atoms with E-state index in [1.165, 1.54) is 0 Å². The normalized spacial score (nSPS) is 10.2. The first-order valence-electron chi connectivity index (χ1n) is 7.04. The van der Waals surface area contributed by atoms with E-state index in [9.17, 15) is 9.59 Å². The molecule has 0 heterocycles. The van der Waals surface area contributed by atoms with Gasteiger partial charge in [-0.2, -0.15) is 0 Å². The molecule has 0 aliphatic heterocycles. The van der Waals surface area contributed by atoms with E-state index in [1.807, 2.05) is 0 Å². The largest absolute Gasteiger partial charge is 0.383 e. The van der Waals surface area contributed by atoms with Gasteiger partial charge in [0.05, 0.1) is 6.61 Å². The van der Waals surface area contributed by atoms with Gasteiger partial charge in [0.15, 0.2) is 0 Å². The Labute approximate surface area is 139 Å². The fraction of sp³-hybridized carbons (Fsp3) is 0.176. The smallest absolute Gasteiger partial charge is 0.255 e. The molecule has 0 aliphatic carbocycles. The molecule has 2 aromatic rings. The Hall–Kier alpha value is -2.37. The summed E-state index contributed by atoms with van der Waals surface area (Å²) in [4.78, 5) is 24.1. The van der Waals surface area contributed by atoms with Crippen LogP contribution in [0.1, 0.15) is 20.7 Å². The van der Waals surface area contributed by atoms with E-state index in [0.29, 0.717) is 35.0 Å². The number of amides is 2. The summed E-state index contributed by atoms with van der Waals surface area (Å²) in [5.74, 6) is -0.509. The van der Waals surface area contributed by atoms with Crippen molar-refractivity contribution in [3.63, 3.8) is 0 Å². The van der Waals surface area contributed by atoms with Crippen LogP contribution in [0.25, 0.3) is 0 Å². The molecule has 0 aliphatic rings. The zero-order valence-corrected chi connectivity index (χ0v) is 13.4. The molecule has 0 radical (unpaired) electrons. The maximum Gasteiger partial charge on any atom is 0.255 e. The summed E-state index contributed by atoms with van der Waals surface area (Å²) >= 11 is 5.88. The lowest BCUT2D eigenvalue weighted by atomic mass is 10.1. The van der Waals surface area contributed by atoms with Gasteiger partial charge in [0.1, 0.15) is 0 Å². The van der Waals surface area contributed by atoms with Crippen LogP contribution >= 0.6 is 11.6 Å². The number of nitrogens with one attached hydrogen (secondary N) is 2. The molecule has 5 nitrogen and oxygen atoms in total. The average Bonchev–Trinajstić information content (AvgIpc) is 2.55. The van der Waals surface area contributed by atoms with Crippen LogP contribution in [0.3, 0.4) is 0 Å². The number of carbonyl (C=O) groups excluding carboxylic acids is 2. The molecule has 2 aromatic carbocycles. The number of anilines is 1. The first kappa shape index (κ1) is 17.0. The summed E-state index contributed by atoms with van der Waals surface area (Å²) in [6.07, 6.45) is 0. The second-order valence-corrected chi connectivity index (χ2v) is 5.23. The quantitative estimate of drug-likeness (QED) is 0.799. The van der Waals surface area contributed by atoms with Gasteiger partial charge in [0.25, 0.3) is 11.8 Å². The minimum atomic E-state index is -0.288. The molecule has 0 atom stereocenters. The number of halogens is 1. The van der Waals surface area contributed by atoms with Crippen LogP contribution in [-0.4, -0.2) is 32.1 Å². The van der Waals surface area contributed by atoms with E-state index in [4.69, 9.17) is 16.3 Å². The van der Waals surface area contributed by atoms with Crippen LogP contribution in [0.15, 0.2) is 48.5 Å². The summed E-state index contributed by atoms with van der Waals surface area (Å²) in [6, 6.07) is 13.4. The average molecular weight is 333 g/mol. The van der Waals surface area contributed by atoms with Crippen molar-refractivity contribution < 1.29 is 14.3 Å². The maximum absolute atomic E-state index is 12.2. The zero-order chi connectivity index (χ0) is 16.7. The monoisotopic (exact) mass is 332 g/mol. The van der Waals surface area contributed by atoms with Gasteiger partial charge in [0.2, 0.25) is 0 Å². The van der Waals surface area contributed by atoms with Gasteiger partial charge < -0.3 is 15.4 Å². The Morgan fingerprint density at radius 3 is 2.43 bits per heavy atom. The topological polar surface area (TPSA) is 67.4 Å². The zero-order valence-electron chi connectivity index (χ0n) is 12.6. The van der Waals surface area contributed by atoms with Gasteiger partial charge in [-0.15, -0.1) is 0 Å². The molecule has 0 saturated carbocycles. The third kappa shape index (κ3) is 5.09. The minimum absolute atomic E-state index is 0.221. The number of methoxy groups -OCH3 is 1. The van der Waals surface area contributed by atoms with E-state index in [-0.39, 0.29) is 11.8 Å². The molecule has 2 rings (SSSR count). The molecule has 0 spiro atoms. The Bertz CT molecular complexity index is 704. The van der Waals surface area contributed by atoms with Crippen LogP contribution in [0, 0.1) is 0 Å². The molecule has 23 heavy (non-hydrogen) atoms. The highest BCUT2D eigenvalue weighted by atomic mass is 35.5. The van der Waals surface area contributed by atoms with E-state index < -0.39 is 0 Å². The fourth-order valence-electron chi connectivity index (χ4n) is 1.94. The highest BCUT2D eigenvalue weighted by molar-refractivity contribution is 6.31. The molecule has 0 aromatic heterocycles. The second kappa shape index (κ2) is 8.31. The van der Waals surface area contributed by atoms with Crippen molar-refractivity contribution in [1.29, 1.82) is 0 Å². The van der Waals surface area contributed by atoms with Crippen molar-refractivity contribution >= 4 is 29.1 Å². The molecule has 2 amide bonds. The van der Waals surface area contributed by atoms with Gasteiger partial charge in [0, 0.05) is 35.5 Å². The summed E-state index contributed by atoms with van der Waals surface area (Å²) < 4.78 is 4.88. The summed E-state index contributed by atoms with van der Waals surface area (Å²) in [5, 5.41) is 5.96. The molecule has 0 bridgehead atoms. The Morgan fingerprint density at radius 1 is 1.04 bits per heavy atom. The SMILES string of the molecule is COCCNC(=O)c1cccc(NC(=O)c2cccc(Cl)c2)c1. The molecular formula is C17H17ClN2O3. The number of hydrogen-bond donors (Lipinski definition) is 2. The molecule has 2 N–H and O–H groups in total. The van der Waals surface area contributed by atoms with E-state index in [0.717, 1.165) is 0 Å². The molecule has 6 heteroatoms. The number of rotatable bonds is 6. The predicted octanol–water partition coefficient (Wildman–Crippen LogP) is 2.97. The number of carbonyl (C=O) groups is 2. The standard InChI is InChI=1S/C17H17ClN2O3/c1-23-9-8-19-16(21)13-5-3-7-15(11-13)20-17(22)12-4-2-6-14(18)10-12/h2-7,10-11H,8-9H2,1H3,(H,19,21)(H,20,22). The number of ether oxygens (including phenoxy) is 1. The summed E-state index contributed by atoms with van der Waals surface area (Å²) in [5.41, 5.74) is 1.45. The van der Waals surface area contributed by atoms with Gasteiger partial charge in [-0.1, -0.05) is 23.7 Å². The van der Waals surface area contributed by atoms with Crippen molar-refractivity contribution in [1.82, 2.24) is 5.32 Å². The van der Waals surface area contributed by atoms with Crippen LogP contribution < -0.4 is 10.6 Å². The Balaban J connectivity index is 2.05. The Kier molecular flexibility index (Phi) is 6.14. The minimum Gasteiger partial charge on any atom is -0.383 e. The lowest BCUT2D eigenvalue weighted by Crippen LogP contribution is -2.27. The lowest BCUT2D eigenvalue weighted by molar-refractivity contribution is 0.0936. The third-order valence-electron chi connectivity index (χ3n) is 3.06.